The van der Waals surface area contributed by atoms with Gasteiger partial charge in [0.25, 0.3) is 0 Å². The van der Waals surface area contributed by atoms with Crippen LogP contribution in [0.3, 0.4) is 0 Å². The van der Waals surface area contributed by atoms with Crippen molar-refractivity contribution in [1.82, 2.24) is 19.8 Å². The van der Waals surface area contributed by atoms with Gasteiger partial charge in [-0.1, -0.05) is 6.42 Å². The fourth-order valence-electron chi connectivity index (χ4n) is 4.16. The molecule has 2 heterocycles. The zero-order valence-electron chi connectivity index (χ0n) is 19.0. The van der Waals surface area contributed by atoms with E-state index in [2.05, 4.69) is 15.5 Å². The van der Waals surface area contributed by atoms with Crippen molar-refractivity contribution >= 4 is 21.8 Å². The van der Waals surface area contributed by atoms with Gasteiger partial charge in [-0.2, -0.15) is 4.31 Å². The number of morpholine rings is 1. The van der Waals surface area contributed by atoms with Gasteiger partial charge in [0.05, 0.1) is 18.1 Å². The number of sulfonamides is 1. The van der Waals surface area contributed by atoms with Crippen LogP contribution in [0.2, 0.25) is 0 Å². The number of carbonyl (C=O) groups is 2. The number of piperidine rings is 1. The van der Waals surface area contributed by atoms with Crippen LogP contribution in [0.15, 0.2) is 23.1 Å². The lowest BCUT2D eigenvalue weighted by Crippen LogP contribution is -2.47. The number of hydrogen-bond acceptors (Lipinski definition) is 6. The maximum atomic E-state index is 13.6. The number of aryl methyl sites for hydroxylation is 1. The average Bonchev–Trinajstić information content (AvgIpc) is 2.81. The molecule has 2 aliphatic heterocycles. The number of hydrogen-bond donors (Lipinski definition) is 2. The van der Waals surface area contributed by atoms with E-state index in [1.165, 1.54) is 29.4 Å². The molecule has 33 heavy (non-hydrogen) atoms. The predicted octanol–water partition coefficient (Wildman–Crippen LogP) is 0.632. The van der Waals surface area contributed by atoms with Crippen LogP contribution < -0.4 is 10.6 Å². The molecule has 0 spiro atoms. The van der Waals surface area contributed by atoms with Crippen LogP contribution in [0.1, 0.15) is 31.2 Å². The Labute approximate surface area is 194 Å². The van der Waals surface area contributed by atoms with Crippen molar-refractivity contribution < 1.29 is 27.1 Å². The van der Waals surface area contributed by atoms with Gasteiger partial charge in [0.2, 0.25) is 10.0 Å². The van der Waals surface area contributed by atoms with Gasteiger partial charge in [0.1, 0.15) is 5.82 Å². The van der Waals surface area contributed by atoms with Crippen LogP contribution in [-0.4, -0.2) is 88.0 Å². The molecule has 2 N–H and O–H groups in total. The van der Waals surface area contributed by atoms with Gasteiger partial charge in [-0.3, -0.25) is 14.5 Å². The van der Waals surface area contributed by atoms with Gasteiger partial charge >= 0.3 is 11.8 Å². The van der Waals surface area contributed by atoms with Crippen molar-refractivity contribution in [3.63, 3.8) is 0 Å². The number of halogens is 1. The zero-order chi connectivity index (χ0) is 23.8. The van der Waals surface area contributed by atoms with E-state index in [1.54, 1.807) is 0 Å². The third-order valence-corrected chi connectivity index (χ3v) is 8.04. The van der Waals surface area contributed by atoms with Gasteiger partial charge in [0, 0.05) is 45.3 Å². The van der Waals surface area contributed by atoms with E-state index in [0.717, 1.165) is 25.9 Å². The maximum Gasteiger partial charge on any atom is 0.309 e. The molecule has 2 saturated heterocycles. The van der Waals surface area contributed by atoms with Crippen molar-refractivity contribution in [2.75, 3.05) is 52.5 Å². The number of ether oxygens (including phenoxy) is 1. The van der Waals surface area contributed by atoms with E-state index in [1.807, 2.05) is 0 Å². The van der Waals surface area contributed by atoms with Crippen LogP contribution in [0.4, 0.5) is 4.39 Å². The highest BCUT2D eigenvalue weighted by molar-refractivity contribution is 7.89. The minimum atomic E-state index is -3.78. The summed E-state index contributed by atoms with van der Waals surface area (Å²) in [7, 11) is -3.78. The first-order chi connectivity index (χ1) is 15.8. The van der Waals surface area contributed by atoms with Gasteiger partial charge in [-0.15, -0.1) is 0 Å². The summed E-state index contributed by atoms with van der Waals surface area (Å²) in [6.45, 7) is 6.07. The van der Waals surface area contributed by atoms with Gasteiger partial charge in [-0.05, 0) is 49.9 Å². The molecule has 0 saturated carbocycles. The van der Waals surface area contributed by atoms with E-state index in [-0.39, 0.29) is 23.0 Å². The Bertz CT molecular complexity index is 937. The summed E-state index contributed by atoms with van der Waals surface area (Å²) in [6.07, 6.45) is 2.69. The summed E-state index contributed by atoms with van der Waals surface area (Å²) >= 11 is 0. The van der Waals surface area contributed by atoms with Crippen LogP contribution in [0.5, 0.6) is 0 Å². The molecule has 1 aromatic rings. The lowest BCUT2D eigenvalue weighted by atomic mass is 10.0. The standard InChI is InChI=1S/C22H33FN4O5S/c1-17-16-19(5-6-20(17)23)33(30,31)27-10-3-2-4-18(27)7-8-24-21(28)22(29)25-9-11-26-12-14-32-15-13-26/h5-6,16,18H,2-4,7-15H2,1H3,(H,24,28)(H,25,29). The Morgan fingerprint density at radius 2 is 1.79 bits per heavy atom. The lowest BCUT2D eigenvalue weighted by Gasteiger charge is -2.34. The van der Waals surface area contributed by atoms with Crippen molar-refractivity contribution in [2.45, 2.75) is 43.5 Å². The van der Waals surface area contributed by atoms with Crippen LogP contribution in [0.25, 0.3) is 0 Å². The summed E-state index contributed by atoms with van der Waals surface area (Å²) in [5, 5.41) is 5.20. The van der Waals surface area contributed by atoms with Gasteiger partial charge < -0.3 is 15.4 Å². The molecular weight excluding hydrogens is 451 g/mol. The third-order valence-electron chi connectivity index (χ3n) is 6.10. The number of nitrogens with zero attached hydrogens (tertiary/aromatic N) is 2. The molecule has 0 bridgehead atoms. The average molecular weight is 485 g/mol. The second-order valence-corrected chi connectivity index (χ2v) is 10.3. The van der Waals surface area contributed by atoms with E-state index >= 15 is 0 Å². The Morgan fingerprint density at radius 1 is 1.09 bits per heavy atom. The quantitative estimate of drug-likeness (QED) is 0.524. The summed E-state index contributed by atoms with van der Waals surface area (Å²) in [5.41, 5.74) is 0.275. The van der Waals surface area contributed by atoms with Crippen molar-refractivity contribution in [3.8, 4) is 0 Å². The zero-order valence-corrected chi connectivity index (χ0v) is 19.8. The predicted molar refractivity (Wildman–Crippen MR) is 121 cm³/mol. The molecule has 0 aromatic heterocycles. The molecule has 184 valence electrons. The largest absolute Gasteiger partial charge is 0.379 e. The first-order valence-corrected chi connectivity index (χ1v) is 12.9. The summed E-state index contributed by atoms with van der Waals surface area (Å²) in [6, 6.07) is 3.50. The summed E-state index contributed by atoms with van der Waals surface area (Å²) in [5.74, 6) is -1.87. The topological polar surface area (TPSA) is 108 Å². The van der Waals surface area contributed by atoms with E-state index in [4.69, 9.17) is 4.74 Å². The van der Waals surface area contributed by atoms with Crippen LogP contribution >= 0.6 is 0 Å². The highest BCUT2D eigenvalue weighted by atomic mass is 32.2. The number of carbonyl (C=O) groups excluding carboxylic acids is 2. The first-order valence-electron chi connectivity index (χ1n) is 11.4. The highest BCUT2D eigenvalue weighted by Crippen LogP contribution is 2.27. The minimum Gasteiger partial charge on any atom is -0.379 e. The SMILES string of the molecule is Cc1cc(S(=O)(=O)N2CCCCC2CCNC(=O)C(=O)NCCN2CCOCC2)ccc1F. The summed E-state index contributed by atoms with van der Waals surface area (Å²) < 4.78 is 46.6. The third kappa shape index (κ3) is 6.95. The fraction of sp³-hybridized carbons (Fsp3) is 0.636. The molecule has 11 heteroatoms. The first kappa shape index (κ1) is 25.5. The minimum absolute atomic E-state index is 0.0666. The second-order valence-electron chi connectivity index (χ2n) is 8.43. The number of amides is 2. The van der Waals surface area contributed by atoms with E-state index in [9.17, 15) is 22.4 Å². The van der Waals surface area contributed by atoms with Crippen LogP contribution in [0, 0.1) is 12.7 Å². The summed E-state index contributed by atoms with van der Waals surface area (Å²) in [4.78, 5) is 26.4. The number of nitrogens with one attached hydrogen (secondary N) is 2. The molecule has 0 aliphatic carbocycles. The normalized spacial score (nSPS) is 20.4. The number of benzene rings is 1. The fourth-order valence-corrected chi connectivity index (χ4v) is 5.97. The maximum absolute atomic E-state index is 13.6. The molecule has 9 nitrogen and oxygen atoms in total. The molecule has 2 aliphatic rings. The monoisotopic (exact) mass is 484 g/mol. The molecule has 2 fully saturated rings. The lowest BCUT2D eigenvalue weighted by molar-refractivity contribution is -0.139. The molecule has 1 unspecified atom stereocenters. The van der Waals surface area contributed by atoms with E-state index in [0.29, 0.717) is 45.7 Å². The highest BCUT2D eigenvalue weighted by Gasteiger charge is 2.33. The van der Waals surface area contributed by atoms with Gasteiger partial charge in [0.15, 0.2) is 0 Å². The molecule has 1 aromatic carbocycles. The molecule has 0 radical (unpaired) electrons. The Hall–Kier alpha value is -2.08. The number of rotatable bonds is 8. The molecule has 1 atom stereocenters. The van der Waals surface area contributed by atoms with E-state index < -0.39 is 27.7 Å². The Balaban J connectivity index is 1.48. The molecule has 3 rings (SSSR count). The van der Waals surface area contributed by atoms with Crippen molar-refractivity contribution in [3.05, 3.63) is 29.6 Å². The van der Waals surface area contributed by atoms with Crippen molar-refractivity contribution in [2.24, 2.45) is 0 Å². The second kappa shape index (κ2) is 11.9. The Morgan fingerprint density at radius 3 is 2.48 bits per heavy atom. The smallest absolute Gasteiger partial charge is 0.309 e. The van der Waals surface area contributed by atoms with Crippen molar-refractivity contribution in [1.29, 1.82) is 0 Å². The molecular formula is C22H33FN4O5S. The van der Waals surface area contributed by atoms with Gasteiger partial charge in [-0.25, -0.2) is 12.8 Å². The molecule has 2 amide bonds. The van der Waals surface area contributed by atoms with Crippen LogP contribution in [-0.2, 0) is 24.3 Å². The Kier molecular flexibility index (Phi) is 9.19.